The summed E-state index contributed by atoms with van der Waals surface area (Å²) in [4.78, 5) is 0. The van der Waals surface area contributed by atoms with Crippen LogP contribution in [0.3, 0.4) is 0 Å². The van der Waals surface area contributed by atoms with E-state index in [0.29, 0.717) is 12.5 Å². The summed E-state index contributed by atoms with van der Waals surface area (Å²) in [6.07, 6.45) is 0.482. The number of aromatic hydroxyl groups is 1. The van der Waals surface area contributed by atoms with E-state index in [2.05, 4.69) is 0 Å². The quantitative estimate of drug-likeness (QED) is 0.744. The van der Waals surface area contributed by atoms with Gasteiger partial charge in [0.1, 0.15) is 17.4 Å². The van der Waals surface area contributed by atoms with Gasteiger partial charge in [-0.25, -0.2) is 8.78 Å². The maximum absolute atomic E-state index is 13.1. The van der Waals surface area contributed by atoms with Gasteiger partial charge in [-0.1, -0.05) is 6.92 Å². The van der Waals surface area contributed by atoms with Crippen LogP contribution in [0.15, 0.2) is 12.1 Å². The van der Waals surface area contributed by atoms with Crippen LogP contribution >= 0.6 is 0 Å². The van der Waals surface area contributed by atoms with Crippen LogP contribution in [0.4, 0.5) is 8.78 Å². The first-order valence-electron chi connectivity index (χ1n) is 3.99. The molecule has 1 aromatic carbocycles. The predicted molar refractivity (Wildman–Crippen MR) is 45.2 cm³/mol. The number of rotatable bonds is 2. The van der Waals surface area contributed by atoms with Crippen LogP contribution in [-0.4, -0.2) is 5.11 Å². The summed E-state index contributed by atoms with van der Waals surface area (Å²) in [5.41, 5.74) is 5.50. The van der Waals surface area contributed by atoms with Gasteiger partial charge < -0.3 is 10.8 Å². The molecule has 72 valence electrons. The number of benzene rings is 1. The molecular formula is C9H11F2NO. The highest BCUT2D eigenvalue weighted by molar-refractivity contribution is 5.36. The second-order valence-corrected chi connectivity index (χ2v) is 2.84. The molecule has 0 radical (unpaired) electrons. The molecule has 0 unspecified atom stereocenters. The van der Waals surface area contributed by atoms with E-state index in [1.54, 1.807) is 6.92 Å². The smallest absolute Gasteiger partial charge is 0.134 e. The maximum atomic E-state index is 13.1. The van der Waals surface area contributed by atoms with Crippen molar-refractivity contribution in [1.82, 2.24) is 0 Å². The van der Waals surface area contributed by atoms with Gasteiger partial charge >= 0.3 is 0 Å². The van der Waals surface area contributed by atoms with E-state index in [1.807, 2.05) is 0 Å². The Labute approximate surface area is 75.0 Å². The number of hydrogen-bond acceptors (Lipinski definition) is 2. The minimum atomic E-state index is -0.804. The van der Waals surface area contributed by atoms with E-state index in [4.69, 9.17) is 5.73 Å². The summed E-state index contributed by atoms with van der Waals surface area (Å²) < 4.78 is 25.6. The molecule has 0 aliphatic rings. The average molecular weight is 187 g/mol. The Balaban J connectivity index is 3.20. The Morgan fingerprint density at radius 3 is 2.54 bits per heavy atom. The van der Waals surface area contributed by atoms with Gasteiger partial charge in [0.2, 0.25) is 0 Å². The zero-order valence-corrected chi connectivity index (χ0v) is 7.22. The fraction of sp³-hybridized carbons (Fsp3) is 0.333. The minimum Gasteiger partial charge on any atom is -0.507 e. The van der Waals surface area contributed by atoms with Crippen molar-refractivity contribution in [2.24, 2.45) is 5.73 Å². The van der Waals surface area contributed by atoms with E-state index >= 15 is 0 Å². The highest BCUT2D eigenvalue weighted by atomic mass is 19.1. The first kappa shape index (κ1) is 9.92. The van der Waals surface area contributed by atoms with Crippen LogP contribution in [0.2, 0.25) is 0 Å². The Morgan fingerprint density at radius 1 is 1.46 bits per heavy atom. The van der Waals surface area contributed by atoms with E-state index in [0.717, 1.165) is 6.07 Å². The van der Waals surface area contributed by atoms with Crippen LogP contribution in [-0.2, 0) is 0 Å². The van der Waals surface area contributed by atoms with Crippen molar-refractivity contribution in [3.8, 4) is 5.75 Å². The number of phenols is 1. The molecule has 4 heteroatoms. The number of nitrogens with two attached hydrogens (primary N) is 1. The van der Waals surface area contributed by atoms with Crippen molar-refractivity contribution in [1.29, 1.82) is 0 Å². The lowest BCUT2D eigenvalue weighted by Gasteiger charge is -2.12. The molecule has 0 heterocycles. The molecule has 1 rings (SSSR count). The average Bonchev–Trinajstić information content (AvgIpc) is 2.02. The Kier molecular flexibility index (Phi) is 2.83. The Hall–Kier alpha value is -1.16. The molecule has 1 aromatic rings. The van der Waals surface area contributed by atoms with Crippen LogP contribution in [0.25, 0.3) is 0 Å². The first-order chi connectivity index (χ1) is 6.06. The van der Waals surface area contributed by atoms with Crippen molar-refractivity contribution < 1.29 is 13.9 Å². The van der Waals surface area contributed by atoms with Crippen molar-refractivity contribution in [3.63, 3.8) is 0 Å². The highest BCUT2D eigenvalue weighted by Gasteiger charge is 2.15. The SMILES string of the molecule is CC[C@H](N)c1c(O)cc(F)cc1F. The fourth-order valence-electron chi connectivity index (χ4n) is 1.14. The molecule has 0 aliphatic carbocycles. The molecule has 0 aromatic heterocycles. The van der Waals surface area contributed by atoms with E-state index < -0.39 is 23.4 Å². The summed E-state index contributed by atoms with van der Waals surface area (Å²) in [6.45, 7) is 1.76. The maximum Gasteiger partial charge on any atom is 0.134 e. The molecule has 2 nitrogen and oxygen atoms in total. The van der Waals surface area contributed by atoms with Gasteiger partial charge in [-0.2, -0.15) is 0 Å². The van der Waals surface area contributed by atoms with E-state index in [-0.39, 0.29) is 5.56 Å². The minimum absolute atomic E-state index is 0.0242. The summed E-state index contributed by atoms with van der Waals surface area (Å²) in [5.74, 6) is -2.03. The van der Waals surface area contributed by atoms with Crippen molar-refractivity contribution >= 4 is 0 Å². The molecule has 0 bridgehead atoms. The van der Waals surface area contributed by atoms with E-state index in [1.165, 1.54) is 0 Å². The lowest BCUT2D eigenvalue weighted by Crippen LogP contribution is -2.11. The third-order valence-electron chi connectivity index (χ3n) is 1.88. The van der Waals surface area contributed by atoms with Crippen LogP contribution in [0.5, 0.6) is 5.75 Å². The second-order valence-electron chi connectivity index (χ2n) is 2.84. The highest BCUT2D eigenvalue weighted by Crippen LogP contribution is 2.28. The molecular weight excluding hydrogens is 176 g/mol. The van der Waals surface area contributed by atoms with Crippen LogP contribution in [0, 0.1) is 11.6 Å². The normalized spacial score (nSPS) is 12.9. The number of phenolic OH excluding ortho intramolecular Hbond substituents is 1. The molecule has 0 amide bonds. The van der Waals surface area contributed by atoms with Crippen molar-refractivity contribution in [2.45, 2.75) is 19.4 Å². The van der Waals surface area contributed by atoms with Gasteiger partial charge in [0.05, 0.1) is 0 Å². The standard InChI is InChI=1S/C9H11F2NO/c1-2-7(12)9-6(11)3-5(10)4-8(9)13/h3-4,7,13H,2,12H2,1H3/t7-/m0/s1. The Bertz CT molecular complexity index is 291. The number of hydrogen-bond donors (Lipinski definition) is 2. The monoisotopic (exact) mass is 187 g/mol. The molecule has 0 saturated carbocycles. The zero-order chi connectivity index (χ0) is 10.0. The van der Waals surface area contributed by atoms with Crippen LogP contribution in [0.1, 0.15) is 24.9 Å². The van der Waals surface area contributed by atoms with Crippen molar-refractivity contribution in [2.75, 3.05) is 0 Å². The third kappa shape index (κ3) is 1.95. The first-order valence-corrected chi connectivity index (χ1v) is 3.99. The van der Waals surface area contributed by atoms with Gasteiger partial charge in [-0.3, -0.25) is 0 Å². The topological polar surface area (TPSA) is 46.2 Å². The molecule has 3 N–H and O–H groups in total. The predicted octanol–water partition coefficient (Wildman–Crippen LogP) is 2.08. The third-order valence-corrected chi connectivity index (χ3v) is 1.88. The lowest BCUT2D eigenvalue weighted by atomic mass is 10.0. The number of halogens is 2. The van der Waals surface area contributed by atoms with Gasteiger partial charge in [-0.05, 0) is 6.42 Å². The van der Waals surface area contributed by atoms with Gasteiger partial charge in [0, 0.05) is 23.7 Å². The summed E-state index contributed by atoms with van der Waals surface area (Å²) >= 11 is 0. The van der Waals surface area contributed by atoms with Gasteiger partial charge in [-0.15, -0.1) is 0 Å². The fourth-order valence-corrected chi connectivity index (χ4v) is 1.14. The second kappa shape index (κ2) is 3.70. The summed E-state index contributed by atoms with van der Waals surface area (Å²) in [6, 6.07) is 0.971. The molecule has 1 atom stereocenters. The summed E-state index contributed by atoms with van der Waals surface area (Å²) in [5, 5.41) is 9.21. The van der Waals surface area contributed by atoms with Crippen molar-refractivity contribution in [3.05, 3.63) is 29.3 Å². The molecule has 13 heavy (non-hydrogen) atoms. The molecule has 0 spiro atoms. The molecule has 0 fully saturated rings. The molecule has 0 aliphatic heterocycles. The lowest BCUT2D eigenvalue weighted by molar-refractivity contribution is 0.438. The molecule has 0 saturated heterocycles. The van der Waals surface area contributed by atoms with Gasteiger partial charge in [0.25, 0.3) is 0 Å². The largest absolute Gasteiger partial charge is 0.507 e. The Morgan fingerprint density at radius 2 is 2.08 bits per heavy atom. The van der Waals surface area contributed by atoms with Crippen LogP contribution < -0.4 is 5.73 Å². The van der Waals surface area contributed by atoms with E-state index in [9.17, 15) is 13.9 Å². The zero-order valence-electron chi connectivity index (χ0n) is 7.22. The van der Waals surface area contributed by atoms with Gasteiger partial charge in [0.15, 0.2) is 0 Å². The summed E-state index contributed by atoms with van der Waals surface area (Å²) in [7, 11) is 0.